The number of benzene rings is 1. The van der Waals surface area contributed by atoms with E-state index < -0.39 is 11.6 Å². The summed E-state index contributed by atoms with van der Waals surface area (Å²) in [6.45, 7) is 4.01. The Balaban J connectivity index is 2.46. The van der Waals surface area contributed by atoms with E-state index in [0.29, 0.717) is 11.3 Å². The Kier molecular flexibility index (Phi) is 2.42. The molecule has 2 nitrogen and oxygen atoms in total. The van der Waals surface area contributed by atoms with Gasteiger partial charge in [-0.2, -0.15) is 0 Å². The lowest BCUT2D eigenvalue weighted by Crippen LogP contribution is -2.06. The van der Waals surface area contributed by atoms with Gasteiger partial charge in [-0.05, 0) is 11.5 Å². The molecule has 1 saturated carbocycles. The van der Waals surface area contributed by atoms with Crippen LogP contribution in [-0.4, -0.2) is 13.2 Å². The molecular weight excluding hydrogens is 212 g/mol. The van der Waals surface area contributed by atoms with Crippen LogP contribution in [0, 0.1) is 17.0 Å². The molecule has 2 atom stereocenters. The monoisotopic (exact) mass is 227 g/mol. The van der Waals surface area contributed by atoms with Gasteiger partial charge in [-0.1, -0.05) is 13.8 Å². The highest BCUT2D eigenvalue weighted by Crippen LogP contribution is 2.59. The van der Waals surface area contributed by atoms with Crippen LogP contribution < -0.4 is 10.5 Å². The fourth-order valence-corrected chi connectivity index (χ4v) is 2.24. The van der Waals surface area contributed by atoms with E-state index >= 15 is 0 Å². The van der Waals surface area contributed by atoms with Gasteiger partial charge in [0.25, 0.3) is 0 Å². The van der Waals surface area contributed by atoms with E-state index in [1.54, 1.807) is 0 Å². The van der Waals surface area contributed by atoms with Crippen molar-refractivity contribution in [1.82, 2.24) is 0 Å². The third kappa shape index (κ3) is 1.48. The maximum absolute atomic E-state index is 13.2. The van der Waals surface area contributed by atoms with Gasteiger partial charge >= 0.3 is 0 Å². The fraction of sp³-hybridized carbons (Fsp3) is 0.500. The van der Waals surface area contributed by atoms with Crippen LogP contribution in [0.1, 0.15) is 25.3 Å². The van der Waals surface area contributed by atoms with Crippen molar-refractivity contribution in [3.8, 4) is 5.75 Å². The number of methoxy groups -OCH3 is 1. The number of nitrogens with two attached hydrogens (primary N) is 1. The summed E-state index contributed by atoms with van der Waals surface area (Å²) < 4.78 is 31.3. The van der Waals surface area contributed by atoms with Crippen LogP contribution in [0.4, 0.5) is 8.78 Å². The highest BCUT2D eigenvalue weighted by Gasteiger charge is 2.57. The first kappa shape index (κ1) is 11.3. The van der Waals surface area contributed by atoms with Crippen molar-refractivity contribution in [3.63, 3.8) is 0 Å². The van der Waals surface area contributed by atoms with E-state index in [1.165, 1.54) is 13.2 Å². The van der Waals surface area contributed by atoms with Crippen molar-refractivity contribution >= 4 is 0 Å². The summed E-state index contributed by atoms with van der Waals surface area (Å²) in [7, 11) is 1.44. The first-order valence-corrected chi connectivity index (χ1v) is 5.18. The number of rotatable bonds is 2. The number of ether oxygens (including phenoxy) is 1. The molecule has 0 spiro atoms. The van der Waals surface area contributed by atoms with Crippen molar-refractivity contribution in [2.24, 2.45) is 11.1 Å². The van der Waals surface area contributed by atoms with Gasteiger partial charge in [-0.15, -0.1) is 0 Å². The van der Waals surface area contributed by atoms with Crippen LogP contribution in [0.3, 0.4) is 0 Å². The van der Waals surface area contributed by atoms with Gasteiger partial charge in [0, 0.05) is 23.6 Å². The van der Waals surface area contributed by atoms with Crippen LogP contribution in [-0.2, 0) is 0 Å². The van der Waals surface area contributed by atoms with Gasteiger partial charge in [0.2, 0.25) is 0 Å². The van der Waals surface area contributed by atoms with Crippen LogP contribution in [0.5, 0.6) is 5.75 Å². The molecule has 0 aromatic heterocycles. The molecule has 0 saturated heterocycles. The van der Waals surface area contributed by atoms with Crippen LogP contribution >= 0.6 is 0 Å². The molecule has 4 heteroatoms. The Hall–Kier alpha value is -1.16. The van der Waals surface area contributed by atoms with E-state index in [9.17, 15) is 8.78 Å². The van der Waals surface area contributed by atoms with Gasteiger partial charge in [0.05, 0.1) is 7.11 Å². The standard InChI is InChI=1S/C12H15F2NO/c1-12(2)10(11(12)15)6-4-7(13)8(14)5-9(6)16-3/h4-5,10-11H,15H2,1-3H3. The number of halogens is 2. The number of hydrogen-bond acceptors (Lipinski definition) is 2. The van der Waals surface area contributed by atoms with E-state index in [1.807, 2.05) is 13.8 Å². The fourth-order valence-electron chi connectivity index (χ4n) is 2.24. The van der Waals surface area contributed by atoms with Crippen molar-refractivity contribution in [2.45, 2.75) is 25.8 Å². The third-order valence-electron chi connectivity index (χ3n) is 3.52. The minimum absolute atomic E-state index is 0.0255. The molecule has 1 aliphatic rings. The van der Waals surface area contributed by atoms with Crippen LogP contribution in [0.15, 0.2) is 12.1 Å². The minimum Gasteiger partial charge on any atom is -0.496 e. The van der Waals surface area contributed by atoms with Crippen molar-refractivity contribution in [2.75, 3.05) is 7.11 Å². The van der Waals surface area contributed by atoms with Gasteiger partial charge in [0.15, 0.2) is 11.6 Å². The molecule has 0 bridgehead atoms. The smallest absolute Gasteiger partial charge is 0.162 e. The molecule has 0 amide bonds. The van der Waals surface area contributed by atoms with E-state index in [4.69, 9.17) is 10.5 Å². The topological polar surface area (TPSA) is 35.2 Å². The van der Waals surface area contributed by atoms with Crippen molar-refractivity contribution in [3.05, 3.63) is 29.3 Å². The molecule has 88 valence electrons. The lowest BCUT2D eigenvalue weighted by atomic mass is 10.0. The maximum atomic E-state index is 13.2. The second kappa shape index (κ2) is 3.42. The van der Waals surface area contributed by atoms with Crippen LogP contribution in [0.2, 0.25) is 0 Å². The zero-order valence-electron chi connectivity index (χ0n) is 9.55. The van der Waals surface area contributed by atoms with E-state index in [0.717, 1.165) is 6.07 Å². The summed E-state index contributed by atoms with van der Waals surface area (Å²) >= 11 is 0. The molecular formula is C12H15F2NO. The Morgan fingerprint density at radius 2 is 1.75 bits per heavy atom. The summed E-state index contributed by atoms with van der Waals surface area (Å²) in [6.07, 6.45) is 0. The zero-order chi connectivity index (χ0) is 12.1. The number of hydrogen-bond donors (Lipinski definition) is 1. The summed E-state index contributed by atoms with van der Waals surface area (Å²) in [5.41, 5.74) is 6.48. The second-order valence-corrected chi connectivity index (χ2v) is 4.83. The Morgan fingerprint density at radius 1 is 1.25 bits per heavy atom. The average Bonchev–Trinajstić information content (AvgIpc) is 2.70. The summed E-state index contributed by atoms with van der Waals surface area (Å²) in [6, 6.07) is 2.23. The molecule has 1 aliphatic carbocycles. The van der Waals surface area contributed by atoms with Gasteiger partial charge in [-0.3, -0.25) is 0 Å². The normalized spacial score (nSPS) is 26.6. The molecule has 0 heterocycles. The van der Waals surface area contributed by atoms with Gasteiger partial charge in [-0.25, -0.2) is 8.78 Å². The Bertz CT molecular complexity index is 431. The molecule has 0 radical (unpaired) electrons. The summed E-state index contributed by atoms with van der Waals surface area (Å²) in [5.74, 6) is -1.36. The second-order valence-electron chi connectivity index (χ2n) is 4.83. The van der Waals surface area contributed by atoms with Crippen LogP contribution in [0.25, 0.3) is 0 Å². The molecule has 1 fully saturated rings. The highest BCUT2D eigenvalue weighted by molar-refractivity contribution is 5.44. The molecule has 2 unspecified atom stereocenters. The maximum Gasteiger partial charge on any atom is 0.162 e. The van der Waals surface area contributed by atoms with Gasteiger partial charge in [0.1, 0.15) is 5.75 Å². The SMILES string of the molecule is COc1cc(F)c(F)cc1C1C(N)C1(C)C. The quantitative estimate of drug-likeness (QED) is 0.842. The molecule has 1 aromatic rings. The lowest BCUT2D eigenvalue weighted by Gasteiger charge is -2.10. The summed E-state index contributed by atoms with van der Waals surface area (Å²) in [4.78, 5) is 0. The predicted molar refractivity (Wildman–Crippen MR) is 57.4 cm³/mol. The molecule has 1 aromatic carbocycles. The van der Waals surface area contributed by atoms with Crippen molar-refractivity contribution < 1.29 is 13.5 Å². The largest absolute Gasteiger partial charge is 0.496 e. The Morgan fingerprint density at radius 3 is 2.19 bits per heavy atom. The molecule has 0 aliphatic heterocycles. The lowest BCUT2D eigenvalue weighted by molar-refractivity contribution is 0.398. The molecule has 2 rings (SSSR count). The first-order chi connectivity index (χ1) is 7.39. The first-order valence-electron chi connectivity index (χ1n) is 5.18. The van der Waals surface area contributed by atoms with Crippen molar-refractivity contribution in [1.29, 1.82) is 0 Å². The van der Waals surface area contributed by atoms with Gasteiger partial charge < -0.3 is 10.5 Å². The zero-order valence-corrected chi connectivity index (χ0v) is 9.55. The van der Waals surface area contributed by atoms with E-state index in [-0.39, 0.29) is 17.4 Å². The third-order valence-corrected chi connectivity index (χ3v) is 3.52. The summed E-state index contributed by atoms with van der Waals surface area (Å²) in [5, 5.41) is 0. The van der Waals surface area contributed by atoms with E-state index in [2.05, 4.69) is 0 Å². The predicted octanol–water partition coefficient (Wildman–Crippen LogP) is 2.42. The minimum atomic E-state index is -0.896. The Labute approximate surface area is 93.4 Å². The average molecular weight is 227 g/mol. The highest BCUT2D eigenvalue weighted by atomic mass is 19.2. The molecule has 2 N–H and O–H groups in total. The molecule has 16 heavy (non-hydrogen) atoms.